The lowest BCUT2D eigenvalue weighted by Crippen LogP contribution is -1.78. The van der Waals surface area contributed by atoms with Crippen LogP contribution in [-0.2, 0) is 0 Å². The van der Waals surface area contributed by atoms with Crippen molar-refractivity contribution in [2.45, 2.75) is 44.9 Å². The lowest BCUT2D eigenvalue weighted by molar-refractivity contribution is 0.619. The van der Waals surface area contributed by atoms with E-state index in [-0.39, 0.29) is 0 Å². The fraction of sp³-hybridized carbons (Fsp3) is 0.259. The normalized spacial score (nSPS) is 29.9. The molecule has 141 valence electrons. The minimum atomic E-state index is 1.05. The largest absolute Gasteiger partial charge is 0.0845 e. The summed E-state index contributed by atoms with van der Waals surface area (Å²) < 4.78 is 0. The maximum absolute atomic E-state index is 3.34. The quantitative estimate of drug-likeness (QED) is 0.411. The minimum Gasteiger partial charge on any atom is -0.0845 e. The van der Waals surface area contributed by atoms with Crippen molar-refractivity contribution in [1.82, 2.24) is 0 Å². The third-order valence-corrected chi connectivity index (χ3v) is 3.82. The maximum atomic E-state index is 3.34. The molecular weight excluding hydrogens is 324 g/mol. The zero-order valence-corrected chi connectivity index (χ0v) is 16.4. The molecule has 0 saturated heterocycles. The van der Waals surface area contributed by atoms with E-state index in [1.54, 1.807) is 0 Å². The predicted octanol–water partition coefficient (Wildman–Crippen LogP) is 8.10. The van der Waals surface area contributed by atoms with Crippen LogP contribution in [0.4, 0.5) is 0 Å². The van der Waals surface area contributed by atoms with E-state index >= 15 is 0 Å². The third kappa shape index (κ3) is 18.0. The molecule has 0 atom stereocenters. The SMILES string of the molecule is [C]1=C/C=C\C=C/C=C\C=C/C=C\C=C/C=C\C=C/C=C\CCCCCCC\1. The van der Waals surface area contributed by atoms with Crippen LogP contribution in [-0.4, -0.2) is 0 Å². The van der Waals surface area contributed by atoms with Crippen molar-refractivity contribution < 1.29 is 0 Å². The van der Waals surface area contributed by atoms with Gasteiger partial charge in [-0.3, -0.25) is 0 Å². The highest BCUT2D eigenvalue weighted by molar-refractivity contribution is 5.22. The van der Waals surface area contributed by atoms with Crippen molar-refractivity contribution in [3.63, 3.8) is 0 Å². The summed E-state index contributed by atoms with van der Waals surface area (Å²) >= 11 is 0. The Bertz CT molecular complexity index is 569. The van der Waals surface area contributed by atoms with Crippen LogP contribution >= 0.6 is 0 Å². The van der Waals surface area contributed by atoms with Crippen molar-refractivity contribution in [3.8, 4) is 0 Å². The van der Waals surface area contributed by atoms with E-state index in [2.05, 4.69) is 30.4 Å². The first-order valence-electron chi connectivity index (χ1n) is 10.1. The van der Waals surface area contributed by atoms with Crippen LogP contribution in [0.5, 0.6) is 0 Å². The first kappa shape index (κ1) is 22.4. The molecule has 0 heteroatoms. The van der Waals surface area contributed by atoms with Crippen LogP contribution in [0.15, 0.2) is 115 Å². The van der Waals surface area contributed by atoms with Crippen molar-refractivity contribution in [3.05, 3.63) is 122 Å². The van der Waals surface area contributed by atoms with Gasteiger partial charge in [-0.05, 0) is 31.8 Å². The molecule has 1 radical (unpaired) electrons. The number of hydrogen-bond acceptors (Lipinski definition) is 0. The minimum absolute atomic E-state index is 1.05. The van der Waals surface area contributed by atoms with Gasteiger partial charge in [0.15, 0.2) is 0 Å². The van der Waals surface area contributed by atoms with E-state index < -0.39 is 0 Å². The summed E-state index contributed by atoms with van der Waals surface area (Å²) in [5, 5.41) is 0. The van der Waals surface area contributed by atoms with Crippen LogP contribution in [0.25, 0.3) is 0 Å². The molecule has 1 aliphatic carbocycles. The van der Waals surface area contributed by atoms with Gasteiger partial charge in [0.1, 0.15) is 0 Å². The highest BCUT2D eigenvalue weighted by Crippen LogP contribution is 2.07. The van der Waals surface area contributed by atoms with Crippen LogP contribution in [0.1, 0.15) is 44.9 Å². The van der Waals surface area contributed by atoms with E-state index in [4.69, 9.17) is 0 Å². The maximum Gasteiger partial charge on any atom is -0.0276 e. The number of allylic oxidation sites excluding steroid dienone is 20. The fourth-order valence-electron chi connectivity index (χ4n) is 2.36. The molecule has 0 unspecified atom stereocenters. The van der Waals surface area contributed by atoms with Gasteiger partial charge in [-0.1, -0.05) is 135 Å². The van der Waals surface area contributed by atoms with Gasteiger partial charge in [0.05, 0.1) is 0 Å². The van der Waals surface area contributed by atoms with Crippen molar-refractivity contribution in [1.29, 1.82) is 0 Å². The Balaban J connectivity index is 2.47. The average molecular weight is 358 g/mol. The Morgan fingerprint density at radius 1 is 0.370 bits per heavy atom. The molecule has 0 aromatic heterocycles. The van der Waals surface area contributed by atoms with Gasteiger partial charge in [-0.15, -0.1) is 0 Å². The monoisotopic (exact) mass is 357 g/mol. The lowest BCUT2D eigenvalue weighted by Gasteiger charge is -1.97. The third-order valence-electron chi connectivity index (χ3n) is 3.82. The molecule has 0 fully saturated rings. The molecule has 0 saturated carbocycles. The fourth-order valence-corrected chi connectivity index (χ4v) is 2.36. The zero-order chi connectivity index (χ0) is 19.1. The molecule has 0 heterocycles. The smallest absolute Gasteiger partial charge is 0.0276 e. The van der Waals surface area contributed by atoms with Gasteiger partial charge < -0.3 is 0 Å². The summed E-state index contributed by atoms with van der Waals surface area (Å²) in [5.74, 6) is 0. The van der Waals surface area contributed by atoms with Crippen LogP contribution in [0.3, 0.4) is 0 Å². The second-order valence-electron chi connectivity index (χ2n) is 6.18. The Labute approximate surface area is 166 Å². The summed E-state index contributed by atoms with van der Waals surface area (Å²) in [6.07, 6.45) is 51.0. The first-order chi connectivity index (χ1) is 13.5. The highest BCUT2D eigenvalue weighted by Gasteiger charge is 1.88. The van der Waals surface area contributed by atoms with Gasteiger partial charge in [-0.25, -0.2) is 0 Å². The first-order valence-corrected chi connectivity index (χ1v) is 10.1. The molecule has 1 aliphatic rings. The number of hydrogen-bond donors (Lipinski definition) is 0. The molecule has 0 spiro atoms. The predicted molar refractivity (Wildman–Crippen MR) is 122 cm³/mol. The molecular formula is C27H33. The van der Waals surface area contributed by atoms with E-state index in [1.807, 2.05) is 91.1 Å². The second kappa shape index (κ2) is 19.7. The van der Waals surface area contributed by atoms with Crippen molar-refractivity contribution in [2.24, 2.45) is 0 Å². The van der Waals surface area contributed by atoms with Gasteiger partial charge in [-0.2, -0.15) is 0 Å². The Hall–Kier alpha value is -2.60. The van der Waals surface area contributed by atoms with E-state index in [9.17, 15) is 0 Å². The van der Waals surface area contributed by atoms with E-state index in [0.29, 0.717) is 0 Å². The van der Waals surface area contributed by atoms with E-state index in [1.165, 1.54) is 38.5 Å². The molecule has 27 heavy (non-hydrogen) atoms. The molecule has 0 amide bonds. The van der Waals surface area contributed by atoms with Crippen LogP contribution in [0, 0.1) is 6.08 Å². The Morgan fingerprint density at radius 3 is 1.33 bits per heavy atom. The molecule has 0 N–H and O–H groups in total. The molecule has 0 aromatic rings. The van der Waals surface area contributed by atoms with Gasteiger partial charge >= 0.3 is 0 Å². The second-order valence-corrected chi connectivity index (χ2v) is 6.18. The van der Waals surface area contributed by atoms with Gasteiger partial charge in [0.25, 0.3) is 0 Å². The summed E-state index contributed by atoms with van der Waals surface area (Å²) in [5.41, 5.74) is 0. The molecule has 0 bridgehead atoms. The Morgan fingerprint density at radius 2 is 0.778 bits per heavy atom. The van der Waals surface area contributed by atoms with Crippen molar-refractivity contribution >= 4 is 0 Å². The van der Waals surface area contributed by atoms with Crippen molar-refractivity contribution in [2.75, 3.05) is 0 Å². The molecule has 1 rings (SSSR count). The molecule has 0 aromatic carbocycles. The van der Waals surface area contributed by atoms with Crippen LogP contribution < -0.4 is 0 Å². The highest BCUT2D eigenvalue weighted by atomic mass is 13.9. The Kier molecular flexibility index (Phi) is 16.4. The van der Waals surface area contributed by atoms with E-state index in [0.717, 1.165) is 6.42 Å². The summed E-state index contributed by atoms with van der Waals surface area (Å²) in [6, 6.07) is 0. The average Bonchev–Trinajstić information content (AvgIpc) is 2.68. The summed E-state index contributed by atoms with van der Waals surface area (Å²) in [7, 11) is 0. The van der Waals surface area contributed by atoms with Gasteiger partial charge in [0, 0.05) is 0 Å². The number of rotatable bonds is 0. The molecule has 0 aliphatic heterocycles. The standard InChI is InChI=1S/C27H33/c1-2-4-6-8-10-12-14-16-18-20-22-24-26-27-25-23-21-19-17-15-13-11-9-7-5-3-1/h1-19H,20,22-27H2/b2-1-,5-3-,6-4-,9-7-,10-8-,13-11-,14-12-,17-15-,18-16-,21-19?. The lowest BCUT2D eigenvalue weighted by atomic mass is 10.1. The summed E-state index contributed by atoms with van der Waals surface area (Å²) in [4.78, 5) is 0. The van der Waals surface area contributed by atoms with Crippen LogP contribution in [0.2, 0.25) is 0 Å². The van der Waals surface area contributed by atoms with Gasteiger partial charge in [0.2, 0.25) is 0 Å². The molecule has 0 nitrogen and oxygen atoms in total. The zero-order valence-electron chi connectivity index (χ0n) is 16.4. The topological polar surface area (TPSA) is 0 Å². The summed E-state index contributed by atoms with van der Waals surface area (Å²) in [6.45, 7) is 0.